The number of ketones is 2. The van der Waals surface area contributed by atoms with Gasteiger partial charge in [0, 0.05) is 12.7 Å². The number of nitrogens with zero attached hydrogens (tertiary/aromatic N) is 2. The minimum atomic E-state index is -0.216. The van der Waals surface area contributed by atoms with Crippen LogP contribution in [-0.2, 0) is 7.05 Å². The highest BCUT2D eigenvalue weighted by molar-refractivity contribution is 6.14. The minimum absolute atomic E-state index is 0.160. The maximum absolute atomic E-state index is 12.3. The highest BCUT2D eigenvalue weighted by atomic mass is 16.3. The first kappa shape index (κ1) is 14.2. The van der Waals surface area contributed by atoms with Crippen LogP contribution in [0.1, 0.15) is 50.0 Å². The molecule has 5 nitrogen and oxygen atoms in total. The van der Waals surface area contributed by atoms with Crippen molar-refractivity contribution >= 4 is 11.6 Å². The number of carbonyl (C=O) groups is 2. The summed E-state index contributed by atoms with van der Waals surface area (Å²) < 4.78 is 6.98. The average Bonchev–Trinajstić information content (AvgIpc) is 2.79. The molecule has 0 saturated carbocycles. The molecule has 0 spiro atoms. The van der Waals surface area contributed by atoms with Gasteiger partial charge in [0.2, 0.25) is 0 Å². The number of rotatable bonds is 4. The third-order valence-electron chi connectivity index (χ3n) is 3.45. The Kier molecular flexibility index (Phi) is 3.61. The topological polar surface area (TPSA) is 65.1 Å². The van der Waals surface area contributed by atoms with Crippen molar-refractivity contribution in [3.8, 4) is 0 Å². The first-order chi connectivity index (χ1) is 9.31. The van der Waals surface area contributed by atoms with Crippen LogP contribution in [0, 0.1) is 27.7 Å². The maximum Gasteiger partial charge on any atom is 0.174 e. The molecular formula is C15H18N2O3. The number of aromatic nitrogens is 2. The van der Waals surface area contributed by atoms with Gasteiger partial charge in [-0.2, -0.15) is 5.10 Å². The van der Waals surface area contributed by atoms with E-state index in [2.05, 4.69) is 5.10 Å². The van der Waals surface area contributed by atoms with E-state index in [9.17, 15) is 9.59 Å². The Morgan fingerprint density at radius 1 is 1.20 bits per heavy atom. The van der Waals surface area contributed by atoms with Gasteiger partial charge in [-0.3, -0.25) is 14.3 Å². The summed E-state index contributed by atoms with van der Waals surface area (Å²) in [6, 6.07) is 1.67. The van der Waals surface area contributed by atoms with Gasteiger partial charge in [0.25, 0.3) is 0 Å². The Morgan fingerprint density at radius 3 is 2.30 bits per heavy atom. The number of carbonyl (C=O) groups excluding carboxylic acids is 2. The summed E-state index contributed by atoms with van der Waals surface area (Å²) in [5.41, 5.74) is 2.46. The van der Waals surface area contributed by atoms with Crippen molar-refractivity contribution in [3.05, 3.63) is 40.1 Å². The largest absolute Gasteiger partial charge is 0.466 e. The zero-order valence-corrected chi connectivity index (χ0v) is 12.4. The van der Waals surface area contributed by atoms with Crippen LogP contribution in [0.15, 0.2) is 10.5 Å². The van der Waals surface area contributed by atoms with Gasteiger partial charge >= 0.3 is 0 Å². The molecule has 0 aliphatic heterocycles. The van der Waals surface area contributed by atoms with Gasteiger partial charge in [0.1, 0.15) is 11.5 Å². The van der Waals surface area contributed by atoms with Crippen LogP contribution in [0.5, 0.6) is 0 Å². The summed E-state index contributed by atoms with van der Waals surface area (Å²) in [5.74, 6) is 0.815. The normalized spacial score (nSPS) is 10.8. The van der Waals surface area contributed by atoms with Gasteiger partial charge in [-0.25, -0.2) is 0 Å². The molecule has 2 rings (SSSR count). The smallest absolute Gasteiger partial charge is 0.174 e. The van der Waals surface area contributed by atoms with E-state index in [1.165, 1.54) is 0 Å². The molecule has 0 unspecified atom stereocenters. The fourth-order valence-corrected chi connectivity index (χ4v) is 2.41. The van der Waals surface area contributed by atoms with Crippen molar-refractivity contribution in [2.24, 2.45) is 7.05 Å². The number of furan rings is 1. The monoisotopic (exact) mass is 274 g/mol. The summed E-state index contributed by atoms with van der Waals surface area (Å²) in [5, 5.41) is 4.20. The predicted molar refractivity (Wildman–Crippen MR) is 74.1 cm³/mol. The Hall–Kier alpha value is -2.17. The molecule has 5 heteroatoms. The molecule has 2 aromatic rings. The molecule has 0 N–H and O–H groups in total. The molecule has 0 aliphatic carbocycles. The third kappa shape index (κ3) is 2.43. The van der Waals surface area contributed by atoms with Gasteiger partial charge in [-0.15, -0.1) is 0 Å². The van der Waals surface area contributed by atoms with E-state index < -0.39 is 0 Å². The van der Waals surface area contributed by atoms with Gasteiger partial charge in [0.15, 0.2) is 11.6 Å². The molecule has 0 fully saturated rings. The first-order valence-electron chi connectivity index (χ1n) is 6.45. The first-order valence-corrected chi connectivity index (χ1v) is 6.45. The summed E-state index contributed by atoms with van der Waals surface area (Å²) in [6.45, 7) is 7.11. The summed E-state index contributed by atoms with van der Waals surface area (Å²) >= 11 is 0. The van der Waals surface area contributed by atoms with Crippen LogP contribution >= 0.6 is 0 Å². The molecule has 0 bridgehead atoms. The van der Waals surface area contributed by atoms with Gasteiger partial charge in [-0.1, -0.05) is 0 Å². The molecule has 0 aromatic carbocycles. The van der Waals surface area contributed by atoms with Crippen molar-refractivity contribution in [1.29, 1.82) is 0 Å². The fraction of sp³-hybridized carbons (Fsp3) is 0.400. The van der Waals surface area contributed by atoms with E-state index in [1.54, 1.807) is 38.6 Å². The Morgan fingerprint density at radius 2 is 1.85 bits per heavy atom. The van der Waals surface area contributed by atoms with Crippen molar-refractivity contribution in [2.45, 2.75) is 34.1 Å². The molecule has 0 aliphatic rings. The van der Waals surface area contributed by atoms with Crippen molar-refractivity contribution in [1.82, 2.24) is 9.78 Å². The molecule has 106 valence electrons. The summed E-state index contributed by atoms with van der Waals surface area (Å²) in [6.07, 6.45) is -0.160. The van der Waals surface area contributed by atoms with Crippen LogP contribution in [0.25, 0.3) is 0 Å². The lowest BCUT2D eigenvalue weighted by molar-refractivity contribution is 0.0893. The van der Waals surface area contributed by atoms with Crippen molar-refractivity contribution in [3.63, 3.8) is 0 Å². The second kappa shape index (κ2) is 5.07. The number of hydrogen-bond acceptors (Lipinski definition) is 4. The highest BCUT2D eigenvalue weighted by Crippen LogP contribution is 2.19. The molecule has 0 saturated heterocycles. The highest BCUT2D eigenvalue weighted by Gasteiger charge is 2.22. The molecule has 2 heterocycles. The molecule has 20 heavy (non-hydrogen) atoms. The second-order valence-electron chi connectivity index (χ2n) is 5.02. The van der Waals surface area contributed by atoms with Crippen LogP contribution in [-0.4, -0.2) is 21.3 Å². The van der Waals surface area contributed by atoms with E-state index >= 15 is 0 Å². The molecule has 0 amide bonds. The Labute approximate surface area is 117 Å². The molecule has 2 aromatic heterocycles. The van der Waals surface area contributed by atoms with E-state index in [-0.39, 0.29) is 18.0 Å². The van der Waals surface area contributed by atoms with E-state index in [4.69, 9.17) is 4.42 Å². The predicted octanol–water partition coefficient (Wildman–Crippen LogP) is 2.70. The average molecular weight is 274 g/mol. The minimum Gasteiger partial charge on any atom is -0.466 e. The SMILES string of the molecule is Cc1cc(C(=O)CC(=O)c2c(C)nn(C)c2C)c(C)o1. The zero-order chi connectivity index (χ0) is 15.0. The lowest BCUT2D eigenvalue weighted by Gasteiger charge is -2.01. The number of hydrogen-bond donors (Lipinski definition) is 0. The number of Topliss-reactive ketones (excluding diaryl/α,β-unsaturated/α-hetero) is 2. The lowest BCUT2D eigenvalue weighted by Crippen LogP contribution is -2.10. The van der Waals surface area contributed by atoms with Crippen LogP contribution in [0.2, 0.25) is 0 Å². The van der Waals surface area contributed by atoms with Crippen molar-refractivity contribution < 1.29 is 14.0 Å². The van der Waals surface area contributed by atoms with E-state index in [1.807, 2.05) is 6.92 Å². The zero-order valence-electron chi connectivity index (χ0n) is 12.4. The maximum atomic E-state index is 12.3. The van der Waals surface area contributed by atoms with Crippen molar-refractivity contribution in [2.75, 3.05) is 0 Å². The summed E-state index contributed by atoms with van der Waals surface area (Å²) in [4.78, 5) is 24.5. The standard InChI is InChI=1S/C15H18N2O3/c1-8-6-12(11(4)20-8)13(18)7-14(19)15-9(2)16-17(5)10(15)3/h6H,7H2,1-5H3. The fourth-order valence-electron chi connectivity index (χ4n) is 2.41. The van der Waals surface area contributed by atoms with Gasteiger partial charge < -0.3 is 4.42 Å². The molecule has 0 radical (unpaired) electrons. The van der Waals surface area contributed by atoms with Gasteiger partial charge in [0.05, 0.1) is 23.2 Å². The van der Waals surface area contributed by atoms with Gasteiger partial charge in [-0.05, 0) is 33.8 Å². The van der Waals surface area contributed by atoms with E-state index in [0.29, 0.717) is 28.3 Å². The van der Waals surface area contributed by atoms with E-state index in [0.717, 1.165) is 5.69 Å². The van der Waals surface area contributed by atoms with Crippen LogP contribution in [0.4, 0.5) is 0 Å². The Balaban J connectivity index is 2.24. The van der Waals surface area contributed by atoms with Crippen LogP contribution in [0.3, 0.4) is 0 Å². The third-order valence-corrected chi connectivity index (χ3v) is 3.45. The lowest BCUT2D eigenvalue weighted by atomic mass is 10.0. The van der Waals surface area contributed by atoms with Crippen LogP contribution < -0.4 is 0 Å². The number of aryl methyl sites for hydroxylation is 4. The second-order valence-corrected chi connectivity index (χ2v) is 5.02. The summed E-state index contributed by atoms with van der Waals surface area (Å²) in [7, 11) is 1.78. The quantitative estimate of drug-likeness (QED) is 0.635. The Bertz CT molecular complexity index is 692. The molecule has 0 atom stereocenters. The molecular weight excluding hydrogens is 256 g/mol.